The van der Waals surface area contributed by atoms with Crippen molar-refractivity contribution in [3.05, 3.63) is 9.81 Å². The summed E-state index contributed by atoms with van der Waals surface area (Å²) in [4.78, 5) is 51.7. The van der Waals surface area contributed by atoms with E-state index in [0.29, 0.717) is 12.8 Å². The van der Waals surface area contributed by atoms with E-state index in [1.54, 1.807) is 58.1 Å². The molecule has 2 rings (SSSR count). The first-order valence-electron chi connectivity index (χ1n) is 11.5. The Kier molecular flexibility index (Phi) is 10.2. The summed E-state index contributed by atoms with van der Waals surface area (Å²) in [6.45, 7) is 9.74. The predicted octanol–water partition coefficient (Wildman–Crippen LogP) is 3.37. The zero-order valence-electron chi connectivity index (χ0n) is 20.8. The highest BCUT2D eigenvalue weighted by atomic mass is 32.2. The van der Waals surface area contributed by atoms with E-state index < -0.39 is 47.0 Å². The van der Waals surface area contributed by atoms with Crippen molar-refractivity contribution in [1.82, 2.24) is 10.6 Å². The fourth-order valence-corrected chi connectivity index (χ4v) is 6.82. The topological polar surface area (TPSA) is 120 Å². The van der Waals surface area contributed by atoms with Gasteiger partial charge in [0.05, 0.1) is 13.2 Å². The molecule has 34 heavy (non-hydrogen) atoms. The van der Waals surface area contributed by atoms with Crippen LogP contribution in [0.2, 0.25) is 0 Å². The van der Waals surface area contributed by atoms with Crippen LogP contribution in [0.25, 0.3) is 0 Å². The summed E-state index contributed by atoms with van der Waals surface area (Å²) >= 11 is 3.47. The Hall–Kier alpha value is -1.88. The first-order valence-corrected chi connectivity index (χ1v) is 13.5. The Morgan fingerprint density at radius 3 is 2.00 bits per heavy atom. The highest BCUT2D eigenvalue weighted by Gasteiger charge is 2.60. The van der Waals surface area contributed by atoms with Gasteiger partial charge in [0.2, 0.25) is 11.4 Å². The summed E-state index contributed by atoms with van der Waals surface area (Å²) in [5.41, 5.74) is -1.81. The van der Waals surface area contributed by atoms with E-state index in [4.69, 9.17) is 14.2 Å². The second-order valence-electron chi connectivity index (χ2n) is 9.14. The van der Waals surface area contributed by atoms with Crippen LogP contribution in [0.3, 0.4) is 0 Å². The summed E-state index contributed by atoms with van der Waals surface area (Å²) in [5, 5.41) is 5.41. The van der Waals surface area contributed by atoms with Crippen molar-refractivity contribution in [2.24, 2.45) is 5.92 Å². The van der Waals surface area contributed by atoms with E-state index in [1.165, 1.54) is 6.92 Å². The molecular formula is C23H36N2O7S2. The van der Waals surface area contributed by atoms with Crippen molar-refractivity contribution in [3.63, 3.8) is 0 Å². The third kappa shape index (κ3) is 7.07. The Morgan fingerprint density at radius 1 is 0.971 bits per heavy atom. The molecule has 2 aliphatic rings. The molecule has 2 fully saturated rings. The largest absolute Gasteiger partial charge is 0.464 e. The number of thioether (sulfide) groups is 2. The van der Waals surface area contributed by atoms with E-state index in [9.17, 15) is 19.2 Å². The smallest absolute Gasteiger partial charge is 0.407 e. The molecule has 1 aliphatic carbocycles. The van der Waals surface area contributed by atoms with Gasteiger partial charge in [0, 0.05) is 23.1 Å². The molecule has 0 aromatic rings. The van der Waals surface area contributed by atoms with E-state index in [0.717, 1.165) is 27.7 Å². The molecule has 0 unspecified atom stereocenters. The summed E-state index contributed by atoms with van der Waals surface area (Å²) in [7, 11) is 0. The van der Waals surface area contributed by atoms with Gasteiger partial charge in [0.1, 0.15) is 5.60 Å². The van der Waals surface area contributed by atoms with Gasteiger partial charge in [0.25, 0.3) is 0 Å². The zero-order valence-corrected chi connectivity index (χ0v) is 22.4. The predicted molar refractivity (Wildman–Crippen MR) is 132 cm³/mol. The van der Waals surface area contributed by atoms with Crippen molar-refractivity contribution < 1.29 is 33.4 Å². The molecular weight excluding hydrogens is 480 g/mol. The highest BCUT2D eigenvalue weighted by molar-refractivity contribution is 8.22. The van der Waals surface area contributed by atoms with Gasteiger partial charge < -0.3 is 24.8 Å². The second kappa shape index (κ2) is 12.2. The van der Waals surface area contributed by atoms with Gasteiger partial charge in [-0.2, -0.15) is 0 Å². The van der Waals surface area contributed by atoms with E-state index >= 15 is 0 Å². The van der Waals surface area contributed by atoms with Gasteiger partial charge in [-0.1, -0.05) is 0 Å². The molecule has 0 aromatic heterocycles. The minimum Gasteiger partial charge on any atom is -0.464 e. The molecule has 11 heteroatoms. The quantitative estimate of drug-likeness (QED) is 0.298. The molecule has 9 nitrogen and oxygen atoms in total. The highest BCUT2D eigenvalue weighted by Crippen LogP contribution is 2.47. The zero-order chi connectivity index (χ0) is 25.5. The van der Waals surface area contributed by atoms with Gasteiger partial charge in [-0.3, -0.25) is 4.79 Å². The number of carbonyl (C=O) groups is 4. The molecule has 0 spiro atoms. The van der Waals surface area contributed by atoms with Crippen molar-refractivity contribution in [2.75, 3.05) is 24.7 Å². The number of amides is 2. The third-order valence-corrected chi connectivity index (χ3v) is 8.08. The number of esters is 2. The van der Waals surface area contributed by atoms with Crippen LogP contribution in [0.1, 0.15) is 60.8 Å². The number of nitrogens with one attached hydrogen (secondary N) is 2. The molecule has 0 aromatic carbocycles. The minimum absolute atomic E-state index is 0.0100. The van der Waals surface area contributed by atoms with Crippen molar-refractivity contribution in [1.29, 1.82) is 0 Å². The standard InChI is InChI=1S/C23H36N2O7S2/c1-7-30-19(27)23(25-14(3)26,20(28)31-8-2)16-12-15(18-33-10-9-11-34-18)13-17(16)24-21(29)32-22(4,5)6/h16-17H,7-13H2,1-6H3,(H,24,29)(H,25,26)/t16-,17-/m0/s1. The van der Waals surface area contributed by atoms with Gasteiger partial charge in [-0.15, -0.1) is 23.5 Å². The number of hydrogen-bond acceptors (Lipinski definition) is 9. The Bertz CT molecular complexity index is 797. The average molecular weight is 517 g/mol. The van der Waals surface area contributed by atoms with Crippen LogP contribution in [0.15, 0.2) is 9.81 Å². The van der Waals surface area contributed by atoms with E-state index in [1.807, 2.05) is 0 Å². The number of carbonyl (C=O) groups excluding carboxylic acids is 4. The molecule has 0 bridgehead atoms. The summed E-state index contributed by atoms with van der Waals surface area (Å²) in [6, 6.07) is -0.666. The molecule has 2 N–H and O–H groups in total. The minimum atomic E-state index is -2.11. The number of hydrogen-bond donors (Lipinski definition) is 2. The normalized spacial score (nSPS) is 21.0. The van der Waals surface area contributed by atoms with Crippen LogP contribution in [0, 0.1) is 5.92 Å². The van der Waals surface area contributed by atoms with Gasteiger partial charge in [0.15, 0.2) is 0 Å². The summed E-state index contributed by atoms with van der Waals surface area (Å²) in [6.07, 6.45) is 1.16. The van der Waals surface area contributed by atoms with Gasteiger partial charge in [-0.05, 0) is 71.0 Å². The van der Waals surface area contributed by atoms with E-state index in [-0.39, 0.29) is 13.2 Å². The molecule has 192 valence electrons. The fourth-order valence-electron chi connectivity index (χ4n) is 4.11. The molecule has 1 saturated carbocycles. The summed E-state index contributed by atoms with van der Waals surface area (Å²) in [5.74, 6) is -1.26. The second-order valence-corrected chi connectivity index (χ2v) is 11.6. The lowest BCUT2D eigenvalue weighted by Crippen LogP contribution is -2.68. The molecule has 2 amide bonds. The fraction of sp³-hybridized carbons (Fsp3) is 0.739. The lowest BCUT2D eigenvalue weighted by molar-refractivity contribution is -0.172. The monoisotopic (exact) mass is 516 g/mol. The number of ether oxygens (including phenoxy) is 3. The van der Waals surface area contributed by atoms with Crippen molar-refractivity contribution in [2.45, 2.75) is 78.0 Å². The van der Waals surface area contributed by atoms with Crippen LogP contribution < -0.4 is 10.6 Å². The van der Waals surface area contributed by atoms with E-state index in [2.05, 4.69) is 10.6 Å². The number of rotatable bonds is 7. The summed E-state index contributed by atoms with van der Waals surface area (Å²) < 4.78 is 17.1. The molecule has 2 atom stereocenters. The van der Waals surface area contributed by atoms with Crippen LogP contribution in [-0.2, 0) is 28.6 Å². The first kappa shape index (κ1) is 28.4. The van der Waals surface area contributed by atoms with Crippen LogP contribution in [-0.4, -0.2) is 65.8 Å². The van der Waals surface area contributed by atoms with Crippen LogP contribution >= 0.6 is 23.5 Å². The molecule has 1 aliphatic heterocycles. The van der Waals surface area contributed by atoms with Crippen LogP contribution in [0.5, 0.6) is 0 Å². The molecule has 0 radical (unpaired) electrons. The van der Waals surface area contributed by atoms with Gasteiger partial charge >= 0.3 is 18.0 Å². The Balaban J connectivity index is 2.57. The third-order valence-electron chi connectivity index (χ3n) is 5.29. The van der Waals surface area contributed by atoms with Crippen molar-refractivity contribution >= 4 is 47.5 Å². The van der Waals surface area contributed by atoms with Crippen LogP contribution in [0.4, 0.5) is 4.79 Å². The SMILES string of the molecule is CCOC(=O)C(NC(C)=O)(C(=O)OCC)[C@H]1CC(=C2SCCCS2)C[C@@H]1NC(=O)OC(C)(C)C. The number of alkyl carbamates (subject to hydrolysis) is 1. The first-order chi connectivity index (χ1) is 15.9. The lowest BCUT2D eigenvalue weighted by atomic mass is 9.79. The maximum absolute atomic E-state index is 13.3. The van der Waals surface area contributed by atoms with Crippen molar-refractivity contribution in [3.8, 4) is 0 Å². The maximum atomic E-state index is 13.3. The molecule has 1 saturated heterocycles. The average Bonchev–Trinajstić information content (AvgIpc) is 3.15. The molecule has 1 heterocycles. The maximum Gasteiger partial charge on any atom is 0.407 e. The van der Waals surface area contributed by atoms with Gasteiger partial charge in [-0.25, -0.2) is 14.4 Å². The lowest BCUT2D eigenvalue weighted by Gasteiger charge is -2.37. The Morgan fingerprint density at radius 2 is 1.53 bits per heavy atom. The Labute approximate surface area is 209 Å².